The minimum absolute atomic E-state index is 1.16. The third-order valence-corrected chi connectivity index (χ3v) is 19.4. The van der Waals surface area contributed by atoms with Crippen molar-refractivity contribution in [1.29, 1.82) is 0 Å². The van der Waals surface area contributed by atoms with Gasteiger partial charge in [0.05, 0.1) is 48.4 Å². The van der Waals surface area contributed by atoms with Crippen molar-refractivity contribution in [1.82, 2.24) is 0 Å². The molecule has 0 spiro atoms. The van der Waals surface area contributed by atoms with E-state index in [4.69, 9.17) is 0 Å². The zero-order valence-corrected chi connectivity index (χ0v) is 35.1. The van der Waals surface area contributed by atoms with Crippen molar-refractivity contribution >= 4 is 48.4 Å². The summed E-state index contributed by atoms with van der Waals surface area (Å²) in [5.41, 5.74) is 10.3. The van der Waals surface area contributed by atoms with E-state index in [0.717, 1.165) is 0 Å². The SMILES string of the molecule is C[Si](C)(C)[C]1[CH][C]([Si](C)(C)C)[C]([Si](C)(C)C)[CH]1.C[Si](C)(C)[C]1[CH][C]([Si](C)(C)C)[C]([Si](C)(C)C)[CH]1.[F][Ti][F]. The van der Waals surface area contributed by atoms with E-state index < -0.39 is 68.7 Å². The van der Waals surface area contributed by atoms with Gasteiger partial charge in [-0.2, -0.15) is 0 Å². The average Bonchev–Trinajstić information content (AvgIpc) is 3.26. The maximum atomic E-state index is 9.75. The van der Waals surface area contributed by atoms with E-state index in [1.807, 2.05) is 0 Å². The van der Waals surface area contributed by atoms with E-state index in [1.165, 1.54) is 0 Å². The van der Waals surface area contributed by atoms with E-state index in [2.05, 4.69) is 144 Å². The summed E-state index contributed by atoms with van der Waals surface area (Å²) in [5.74, 6) is 0. The van der Waals surface area contributed by atoms with E-state index in [0.29, 0.717) is 0 Å². The second-order valence-corrected chi connectivity index (χ2v) is 47.2. The number of hydrogen-bond donors (Lipinski definition) is 0. The third kappa shape index (κ3) is 12.7. The molecular weight excluding hydrogens is 591 g/mol. The molecule has 2 aliphatic rings. The summed E-state index contributed by atoms with van der Waals surface area (Å²) in [6, 6.07) is 0. The predicted molar refractivity (Wildman–Crippen MR) is 179 cm³/mol. The van der Waals surface area contributed by atoms with Gasteiger partial charge in [0, 0.05) is 0 Å². The van der Waals surface area contributed by atoms with Crippen LogP contribution in [0.15, 0.2) is 0 Å². The molecule has 0 N–H and O–H groups in total. The summed E-state index contributed by atoms with van der Waals surface area (Å²) in [6.45, 7) is 44.6. The van der Waals surface area contributed by atoms with Crippen molar-refractivity contribution in [2.24, 2.45) is 0 Å². The van der Waals surface area contributed by atoms with Crippen molar-refractivity contribution < 1.29 is 26.4 Å². The van der Waals surface area contributed by atoms with Gasteiger partial charge in [0.2, 0.25) is 0 Å². The minimum atomic E-state index is -2.50. The molecule has 0 aromatic heterocycles. The van der Waals surface area contributed by atoms with Crippen molar-refractivity contribution in [2.75, 3.05) is 0 Å². The molecule has 0 bridgehead atoms. The quantitative estimate of drug-likeness (QED) is 0.252. The van der Waals surface area contributed by atoms with Crippen molar-refractivity contribution in [3.63, 3.8) is 0 Å². The van der Waals surface area contributed by atoms with Crippen LogP contribution in [0.1, 0.15) is 0 Å². The Morgan fingerprint density at radius 2 is 0.486 bits per heavy atom. The zero-order valence-electron chi connectivity index (χ0n) is 27.6. The fraction of sp³-hybridized carbons (Fsp3) is 0.643. The number of rotatable bonds is 6. The summed E-state index contributed by atoms with van der Waals surface area (Å²) >= 11 is -2.50. The second kappa shape index (κ2) is 13.9. The van der Waals surface area contributed by atoms with E-state index in [1.54, 1.807) is 33.2 Å². The Bertz CT molecular complexity index is 576. The molecule has 0 amide bonds. The molecule has 10 radical (unpaired) electrons. The molecule has 0 aromatic carbocycles. The van der Waals surface area contributed by atoms with Crippen LogP contribution in [0.25, 0.3) is 0 Å². The molecule has 0 saturated heterocycles. The molecule has 0 atom stereocenters. The molecule has 37 heavy (non-hydrogen) atoms. The van der Waals surface area contributed by atoms with E-state index in [9.17, 15) is 6.18 Å². The van der Waals surface area contributed by atoms with Gasteiger partial charge < -0.3 is 0 Å². The molecule has 0 nitrogen and oxygen atoms in total. The van der Waals surface area contributed by atoms with Crippen LogP contribution in [-0.4, -0.2) is 48.4 Å². The van der Waals surface area contributed by atoms with Crippen LogP contribution in [0.2, 0.25) is 118 Å². The Kier molecular flexibility index (Phi) is 14.6. The van der Waals surface area contributed by atoms with Gasteiger partial charge in [0.1, 0.15) is 0 Å². The summed E-state index contributed by atoms with van der Waals surface area (Å²) in [4.78, 5) is 0. The molecule has 2 fully saturated rings. The zero-order chi connectivity index (χ0) is 30.0. The molecule has 9 heteroatoms. The monoisotopic (exact) mass is 648 g/mol. The van der Waals surface area contributed by atoms with Crippen LogP contribution in [0, 0.1) is 58.9 Å². The first-order valence-corrected chi connectivity index (χ1v) is 35.9. The number of halogens is 2. The fourth-order valence-electron chi connectivity index (χ4n) is 4.36. The fourth-order valence-corrected chi connectivity index (χ4v) is 17.6. The van der Waals surface area contributed by atoms with Gasteiger partial charge in [-0.3, -0.25) is 0 Å². The second-order valence-electron chi connectivity index (χ2n) is 16.7. The summed E-state index contributed by atoms with van der Waals surface area (Å²) in [5, 5.41) is 0. The van der Waals surface area contributed by atoms with Gasteiger partial charge in [0.15, 0.2) is 0 Å². The predicted octanol–water partition coefficient (Wildman–Crippen LogP) is 10.4. The molecule has 2 rings (SSSR count). The maximum absolute atomic E-state index is 9.75. The summed E-state index contributed by atoms with van der Waals surface area (Å²) in [6.07, 6.45) is 10.3. The molecule has 2 saturated carbocycles. The van der Waals surface area contributed by atoms with Gasteiger partial charge in [0.25, 0.3) is 0 Å². The number of hydrogen-bond acceptors (Lipinski definition) is 0. The Labute approximate surface area is 250 Å². The molecule has 0 aromatic rings. The summed E-state index contributed by atoms with van der Waals surface area (Å²) in [7, 11) is -7.07. The first-order valence-electron chi connectivity index (χ1n) is 13.7. The first kappa shape index (κ1) is 38.9. The van der Waals surface area contributed by atoms with E-state index >= 15 is 0 Å². The van der Waals surface area contributed by atoms with Crippen molar-refractivity contribution in [3.8, 4) is 0 Å². The summed E-state index contributed by atoms with van der Waals surface area (Å²) < 4.78 is 19.5. The topological polar surface area (TPSA) is 0 Å². The van der Waals surface area contributed by atoms with Gasteiger partial charge in [-0.05, 0) is 58.9 Å². The Morgan fingerprint density at radius 3 is 0.568 bits per heavy atom. The van der Waals surface area contributed by atoms with Crippen LogP contribution in [-0.2, 0) is 20.2 Å². The van der Waals surface area contributed by atoms with Gasteiger partial charge in [-0.1, -0.05) is 118 Å². The van der Waals surface area contributed by atoms with E-state index in [-0.39, 0.29) is 0 Å². The molecule has 2 aliphatic carbocycles. The molecule has 212 valence electrons. The Balaban J connectivity index is 0.000000633. The van der Waals surface area contributed by atoms with Gasteiger partial charge in [-0.25, -0.2) is 0 Å². The molecule has 0 aliphatic heterocycles. The molecule has 0 heterocycles. The van der Waals surface area contributed by atoms with Crippen molar-refractivity contribution in [2.45, 2.75) is 118 Å². The van der Waals surface area contributed by atoms with Gasteiger partial charge >= 0.3 is 26.4 Å². The van der Waals surface area contributed by atoms with Crippen LogP contribution in [0.4, 0.5) is 6.18 Å². The normalized spacial score (nSPS) is 21.0. The van der Waals surface area contributed by atoms with Crippen LogP contribution < -0.4 is 0 Å². The Morgan fingerprint density at radius 1 is 0.351 bits per heavy atom. The van der Waals surface area contributed by atoms with Gasteiger partial charge in [-0.15, -0.1) is 0 Å². The molecular formula is C28H58F2Si6Ti. The van der Waals surface area contributed by atoms with Crippen LogP contribution in [0.3, 0.4) is 0 Å². The third-order valence-electron chi connectivity index (χ3n) is 6.74. The molecule has 0 unspecified atom stereocenters. The Hall–Kier alpha value is 1.88. The van der Waals surface area contributed by atoms with Crippen LogP contribution in [0.5, 0.6) is 0 Å². The van der Waals surface area contributed by atoms with Crippen molar-refractivity contribution in [3.05, 3.63) is 58.9 Å². The van der Waals surface area contributed by atoms with Crippen LogP contribution >= 0.6 is 0 Å². The average molecular weight is 649 g/mol. The first-order chi connectivity index (χ1) is 16.1. The standard InChI is InChI=1S/2C14H29Si3.2FH.Ti/c2*1-15(2,3)12-10-13(16(4,5)6)14(11-12)17(7,8)9;;;/h2*10-11H,1-9H3;2*1H;/q;;;;+2/p-2.